The fourth-order valence-electron chi connectivity index (χ4n) is 2.60. The molecule has 0 saturated heterocycles. The topological polar surface area (TPSA) is 58.1 Å². The quantitative estimate of drug-likeness (QED) is 0.466. The highest BCUT2D eigenvalue weighted by Gasteiger charge is 2.33. The van der Waals surface area contributed by atoms with E-state index >= 15 is 0 Å². The molecule has 1 aromatic rings. The average molecular weight is 363 g/mol. The molecule has 0 radical (unpaired) electrons. The van der Waals surface area contributed by atoms with Crippen LogP contribution in [0.1, 0.15) is 25.8 Å². The van der Waals surface area contributed by atoms with E-state index in [1.807, 2.05) is 12.1 Å². The van der Waals surface area contributed by atoms with E-state index in [0.29, 0.717) is 19.2 Å². The molecule has 1 saturated carbocycles. The first-order valence-electron chi connectivity index (χ1n) is 9.56. The van der Waals surface area contributed by atoms with Crippen molar-refractivity contribution in [3.8, 4) is 5.75 Å². The third-order valence-electron chi connectivity index (χ3n) is 4.51. The molecule has 0 bridgehead atoms. The Morgan fingerprint density at radius 3 is 2.77 bits per heavy atom. The lowest BCUT2D eigenvalue weighted by Crippen LogP contribution is -2.39. The molecule has 1 fully saturated rings. The van der Waals surface area contributed by atoms with Crippen molar-refractivity contribution in [3.63, 3.8) is 0 Å². The molecule has 0 amide bonds. The highest BCUT2D eigenvalue weighted by molar-refractivity contribution is 5.80. The summed E-state index contributed by atoms with van der Waals surface area (Å²) >= 11 is 0. The van der Waals surface area contributed by atoms with Gasteiger partial charge in [0.05, 0.1) is 13.2 Å². The van der Waals surface area contributed by atoms with Gasteiger partial charge in [-0.1, -0.05) is 19.1 Å². The van der Waals surface area contributed by atoms with Gasteiger partial charge in [0.15, 0.2) is 5.96 Å². The van der Waals surface area contributed by atoms with E-state index in [9.17, 15) is 0 Å². The van der Waals surface area contributed by atoms with Crippen LogP contribution in [0, 0.1) is 5.92 Å². The molecule has 2 N–H and O–H groups in total. The van der Waals surface area contributed by atoms with Gasteiger partial charge in [0.1, 0.15) is 12.4 Å². The largest absolute Gasteiger partial charge is 0.492 e. The second-order valence-corrected chi connectivity index (χ2v) is 6.95. The first-order valence-corrected chi connectivity index (χ1v) is 9.56. The standard InChI is InChI=1S/C20H34N4O2/c1-5-21-20(23-19-13-16(19)2)22-15-17-7-6-8-18(14-17)26-12-10-24(3)9-11-25-4/h6-8,14,16,19H,5,9-13,15H2,1-4H3,(H2,21,22,23). The Hall–Kier alpha value is -1.79. The van der Waals surface area contributed by atoms with Gasteiger partial charge in [0, 0.05) is 32.8 Å². The van der Waals surface area contributed by atoms with Crippen LogP contribution in [0.4, 0.5) is 0 Å². The fraction of sp³-hybridized carbons (Fsp3) is 0.650. The molecular weight excluding hydrogens is 328 g/mol. The summed E-state index contributed by atoms with van der Waals surface area (Å²) < 4.78 is 11.0. The van der Waals surface area contributed by atoms with Crippen molar-refractivity contribution < 1.29 is 9.47 Å². The number of aliphatic imine (C=N–C) groups is 1. The van der Waals surface area contributed by atoms with Crippen LogP contribution in [0.5, 0.6) is 5.75 Å². The zero-order valence-corrected chi connectivity index (χ0v) is 16.6. The Bertz CT molecular complexity index is 564. The number of likely N-dealkylation sites (N-methyl/N-ethyl adjacent to an activating group) is 1. The molecule has 0 heterocycles. The number of nitrogens with zero attached hydrogens (tertiary/aromatic N) is 2. The van der Waals surface area contributed by atoms with Crippen molar-refractivity contribution in [3.05, 3.63) is 29.8 Å². The van der Waals surface area contributed by atoms with E-state index in [-0.39, 0.29) is 0 Å². The summed E-state index contributed by atoms with van der Waals surface area (Å²) in [6, 6.07) is 8.75. The minimum Gasteiger partial charge on any atom is -0.492 e. The minimum atomic E-state index is 0.567. The molecule has 26 heavy (non-hydrogen) atoms. The van der Waals surface area contributed by atoms with Gasteiger partial charge in [-0.3, -0.25) is 0 Å². The van der Waals surface area contributed by atoms with E-state index in [1.54, 1.807) is 7.11 Å². The number of hydrogen-bond donors (Lipinski definition) is 2. The summed E-state index contributed by atoms with van der Waals surface area (Å²) in [4.78, 5) is 6.90. The Labute approximate surface area is 158 Å². The Kier molecular flexibility index (Phi) is 8.71. The molecule has 6 nitrogen and oxygen atoms in total. The van der Waals surface area contributed by atoms with Crippen LogP contribution >= 0.6 is 0 Å². The maximum Gasteiger partial charge on any atom is 0.191 e. The summed E-state index contributed by atoms with van der Waals surface area (Å²) in [5.41, 5.74) is 1.15. The summed E-state index contributed by atoms with van der Waals surface area (Å²) in [7, 11) is 3.80. The summed E-state index contributed by atoms with van der Waals surface area (Å²) in [6.45, 7) is 9.05. The lowest BCUT2D eigenvalue weighted by Gasteiger charge is -2.16. The van der Waals surface area contributed by atoms with Crippen molar-refractivity contribution in [2.24, 2.45) is 10.9 Å². The van der Waals surface area contributed by atoms with Crippen LogP contribution in [-0.2, 0) is 11.3 Å². The van der Waals surface area contributed by atoms with Gasteiger partial charge in [0.2, 0.25) is 0 Å². The summed E-state index contributed by atoms with van der Waals surface area (Å²) in [6.07, 6.45) is 1.23. The van der Waals surface area contributed by atoms with Crippen molar-refractivity contribution in [2.75, 3.05) is 47.0 Å². The maximum atomic E-state index is 5.88. The fourth-order valence-corrected chi connectivity index (χ4v) is 2.60. The molecule has 2 unspecified atom stereocenters. The molecule has 0 spiro atoms. The zero-order chi connectivity index (χ0) is 18.8. The molecule has 2 atom stereocenters. The lowest BCUT2D eigenvalue weighted by atomic mass is 10.2. The first-order chi connectivity index (χ1) is 12.6. The number of hydrogen-bond acceptors (Lipinski definition) is 4. The van der Waals surface area contributed by atoms with E-state index in [4.69, 9.17) is 14.5 Å². The normalized spacial score (nSPS) is 19.5. The van der Waals surface area contributed by atoms with Crippen LogP contribution in [0.2, 0.25) is 0 Å². The highest BCUT2D eigenvalue weighted by atomic mass is 16.5. The molecule has 0 aromatic heterocycles. The smallest absolute Gasteiger partial charge is 0.191 e. The molecule has 1 aliphatic rings. The third-order valence-corrected chi connectivity index (χ3v) is 4.51. The van der Waals surface area contributed by atoms with Crippen molar-refractivity contribution in [1.82, 2.24) is 15.5 Å². The second-order valence-electron chi connectivity index (χ2n) is 6.95. The molecule has 146 valence electrons. The van der Waals surface area contributed by atoms with Gasteiger partial charge in [0.25, 0.3) is 0 Å². The van der Waals surface area contributed by atoms with Gasteiger partial charge in [-0.2, -0.15) is 0 Å². The molecule has 1 aromatic carbocycles. The number of guanidine groups is 1. The highest BCUT2D eigenvalue weighted by Crippen LogP contribution is 2.28. The van der Waals surface area contributed by atoms with Crippen LogP contribution in [-0.4, -0.2) is 63.9 Å². The monoisotopic (exact) mass is 362 g/mol. The summed E-state index contributed by atoms with van der Waals surface area (Å²) in [5, 5.41) is 6.80. The maximum absolute atomic E-state index is 5.88. The molecule has 0 aliphatic heterocycles. The van der Waals surface area contributed by atoms with E-state index in [1.165, 1.54) is 6.42 Å². The number of rotatable bonds is 11. The Morgan fingerprint density at radius 1 is 1.31 bits per heavy atom. The van der Waals surface area contributed by atoms with Crippen LogP contribution in [0.15, 0.2) is 29.3 Å². The lowest BCUT2D eigenvalue weighted by molar-refractivity contribution is 0.150. The van der Waals surface area contributed by atoms with Crippen LogP contribution in [0.25, 0.3) is 0 Å². The van der Waals surface area contributed by atoms with Gasteiger partial charge in [-0.25, -0.2) is 4.99 Å². The first kappa shape index (κ1) is 20.5. The molecule has 6 heteroatoms. The van der Waals surface area contributed by atoms with Gasteiger partial charge in [-0.05, 0) is 44.0 Å². The van der Waals surface area contributed by atoms with Crippen molar-refractivity contribution >= 4 is 5.96 Å². The van der Waals surface area contributed by atoms with Gasteiger partial charge >= 0.3 is 0 Å². The molecule has 1 aliphatic carbocycles. The minimum absolute atomic E-state index is 0.567. The summed E-state index contributed by atoms with van der Waals surface area (Å²) in [5.74, 6) is 2.54. The Morgan fingerprint density at radius 2 is 2.08 bits per heavy atom. The number of nitrogens with one attached hydrogen (secondary N) is 2. The van der Waals surface area contributed by atoms with Gasteiger partial charge in [-0.15, -0.1) is 0 Å². The van der Waals surface area contributed by atoms with E-state index in [0.717, 1.165) is 49.4 Å². The van der Waals surface area contributed by atoms with E-state index in [2.05, 4.69) is 48.6 Å². The second kappa shape index (κ2) is 11.0. The Balaban J connectivity index is 1.80. The van der Waals surface area contributed by atoms with Crippen LogP contribution < -0.4 is 15.4 Å². The zero-order valence-electron chi connectivity index (χ0n) is 16.6. The van der Waals surface area contributed by atoms with Crippen molar-refractivity contribution in [1.29, 1.82) is 0 Å². The van der Waals surface area contributed by atoms with Crippen molar-refractivity contribution in [2.45, 2.75) is 32.9 Å². The van der Waals surface area contributed by atoms with Gasteiger partial charge < -0.3 is 25.0 Å². The average Bonchev–Trinajstić information content (AvgIpc) is 3.33. The molecule has 2 rings (SSSR count). The predicted octanol–water partition coefficient (Wildman–Crippen LogP) is 2.11. The molecular formula is C20H34N4O2. The van der Waals surface area contributed by atoms with E-state index < -0.39 is 0 Å². The number of methoxy groups -OCH3 is 1. The SMILES string of the molecule is CCNC(=NCc1cccc(OCCN(C)CCOC)c1)NC1CC1C. The van der Waals surface area contributed by atoms with Crippen LogP contribution in [0.3, 0.4) is 0 Å². The number of benzene rings is 1. The third kappa shape index (κ3) is 7.62. The predicted molar refractivity (Wildman–Crippen MR) is 107 cm³/mol. The number of ether oxygens (including phenoxy) is 2.